The summed E-state index contributed by atoms with van der Waals surface area (Å²) in [5.41, 5.74) is 5.43. The molecule has 1 spiro atoms. The highest BCUT2D eigenvalue weighted by Crippen LogP contribution is 2.69. The van der Waals surface area contributed by atoms with Crippen LogP contribution in [0, 0.1) is 11.3 Å². The largest absolute Gasteiger partial charge is 0.260 e. The molecule has 0 bridgehead atoms. The van der Waals surface area contributed by atoms with E-state index in [2.05, 4.69) is 33.0 Å². The van der Waals surface area contributed by atoms with Gasteiger partial charge < -0.3 is 0 Å². The molecule has 3 aliphatic carbocycles. The van der Waals surface area contributed by atoms with Gasteiger partial charge in [-0.15, -0.1) is 0 Å². The van der Waals surface area contributed by atoms with Crippen LogP contribution in [0.3, 0.4) is 0 Å². The maximum atomic E-state index is 4.75. The molecule has 0 N–H and O–H groups in total. The lowest BCUT2D eigenvalue weighted by molar-refractivity contribution is 0.354. The van der Waals surface area contributed by atoms with Crippen LogP contribution < -0.4 is 0 Å². The molecule has 1 aromatic heterocycles. The van der Waals surface area contributed by atoms with E-state index in [0.29, 0.717) is 0 Å². The van der Waals surface area contributed by atoms with E-state index in [-0.39, 0.29) is 5.41 Å². The normalized spacial score (nSPS) is 31.1. The van der Waals surface area contributed by atoms with Crippen LogP contribution in [-0.2, 0) is 11.8 Å². The minimum atomic E-state index is 0.178. The molecule has 0 aromatic carbocycles. The molecular weight excluding hydrogens is 230 g/mol. The number of nitrogens with zero attached hydrogens (tertiary/aromatic N) is 1. The fourth-order valence-corrected chi connectivity index (χ4v) is 4.66. The van der Waals surface area contributed by atoms with Crippen molar-refractivity contribution in [2.75, 3.05) is 0 Å². The summed E-state index contributed by atoms with van der Waals surface area (Å²) in [6, 6.07) is 2.47. The van der Waals surface area contributed by atoms with E-state index >= 15 is 0 Å². The second-order valence-electron chi connectivity index (χ2n) is 8.20. The number of hydrogen-bond acceptors (Lipinski definition) is 1. The van der Waals surface area contributed by atoms with E-state index in [4.69, 9.17) is 4.98 Å². The Bertz CT molecular complexity index is 519. The molecule has 19 heavy (non-hydrogen) atoms. The summed E-state index contributed by atoms with van der Waals surface area (Å²) in [6.07, 6.45) is 10.8. The van der Waals surface area contributed by atoms with Crippen LogP contribution in [0.1, 0.15) is 75.6 Å². The Kier molecular flexibility index (Phi) is 2.27. The Morgan fingerprint density at radius 1 is 1.16 bits per heavy atom. The smallest absolute Gasteiger partial charge is 0.0460 e. The van der Waals surface area contributed by atoms with E-state index in [0.717, 1.165) is 17.3 Å². The van der Waals surface area contributed by atoms with E-state index in [1.807, 2.05) is 0 Å². The Morgan fingerprint density at radius 2 is 1.95 bits per heavy atom. The molecule has 0 amide bonds. The van der Waals surface area contributed by atoms with Crippen LogP contribution in [0.4, 0.5) is 0 Å². The quantitative estimate of drug-likeness (QED) is 0.660. The molecule has 1 heterocycles. The number of hydrogen-bond donors (Lipinski definition) is 0. The summed E-state index contributed by atoms with van der Waals surface area (Å²) >= 11 is 0. The molecule has 2 fully saturated rings. The molecule has 2 unspecified atom stereocenters. The van der Waals surface area contributed by atoms with Gasteiger partial charge in [0.05, 0.1) is 0 Å². The zero-order valence-corrected chi connectivity index (χ0v) is 12.5. The summed E-state index contributed by atoms with van der Waals surface area (Å²) in [7, 11) is 0. The predicted octanol–water partition coefficient (Wildman–Crippen LogP) is 4.60. The summed E-state index contributed by atoms with van der Waals surface area (Å²) in [6.45, 7) is 6.84. The zero-order valence-electron chi connectivity index (χ0n) is 12.5. The monoisotopic (exact) mass is 255 g/mol. The molecule has 0 saturated heterocycles. The van der Waals surface area contributed by atoms with Crippen LogP contribution in [0.15, 0.2) is 12.3 Å². The van der Waals surface area contributed by atoms with Crippen molar-refractivity contribution in [3.8, 4) is 0 Å². The van der Waals surface area contributed by atoms with Gasteiger partial charge >= 0.3 is 0 Å². The third-order valence-electron chi connectivity index (χ3n) is 5.95. The number of aryl methyl sites for hydroxylation is 1. The fourth-order valence-electron chi connectivity index (χ4n) is 4.66. The van der Waals surface area contributed by atoms with Gasteiger partial charge in [-0.25, -0.2) is 0 Å². The second-order valence-corrected chi connectivity index (χ2v) is 8.20. The zero-order chi connectivity index (χ0) is 13.3. The fraction of sp³-hybridized carbons (Fsp3) is 0.722. The first kappa shape index (κ1) is 11.9. The third-order valence-corrected chi connectivity index (χ3v) is 5.95. The molecule has 1 nitrogen and oxygen atoms in total. The summed E-state index contributed by atoms with van der Waals surface area (Å²) < 4.78 is 0. The van der Waals surface area contributed by atoms with Crippen molar-refractivity contribution < 1.29 is 0 Å². The Hall–Kier alpha value is -0.850. The van der Waals surface area contributed by atoms with Crippen molar-refractivity contribution >= 4 is 0 Å². The van der Waals surface area contributed by atoms with Crippen LogP contribution >= 0.6 is 0 Å². The highest BCUT2D eigenvalue weighted by molar-refractivity contribution is 5.39. The maximum absolute atomic E-state index is 4.75. The van der Waals surface area contributed by atoms with Crippen LogP contribution in [-0.4, -0.2) is 4.98 Å². The second kappa shape index (κ2) is 3.62. The number of pyridine rings is 1. The van der Waals surface area contributed by atoms with Gasteiger partial charge in [-0.2, -0.15) is 0 Å². The first-order chi connectivity index (χ1) is 9.00. The van der Waals surface area contributed by atoms with Crippen molar-refractivity contribution in [2.24, 2.45) is 11.3 Å². The van der Waals surface area contributed by atoms with E-state index in [9.17, 15) is 0 Å². The van der Waals surface area contributed by atoms with Gasteiger partial charge in [0, 0.05) is 17.3 Å². The van der Waals surface area contributed by atoms with Crippen molar-refractivity contribution in [2.45, 2.75) is 70.6 Å². The van der Waals surface area contributed by atoms with Gasteiger partial charge in [0.2, 0.25) is 0 Å². The van der Waals surface area contributed by atoms with E-state index in [1.165, 1.54) is 44.2 Å². The molecule has 1 heteroatoms. The topological polar surface area (TPSA) is 12.9 Å². The maximum Gasteiger partial charge on any atom is 0.0460 e. The van der Waals surface area contributed by atoms with Crippen molar-refractivity contribution in [3.63, 3.8) is 0 Å². The summed E-state index contributed by atoms with van der Waals surface area (Å²) in [4.78, 5) is 4.75. The first-order valence-corrected chi connectivity index (χ1v) is 7.99. The van der Waals surface area contributed by atoms with Gasteiger partial charge in [0.25, 0.3) is 0 Å². The Labute approximate surface area is 116 Å². The molecule has 4 rings (SSSR count). The van der Waals surface area contributed by atoms with Crippen molar-refractivity contribution in [3.05, 3.63) is 29.1 Å². The molecule has 102 valence electrons. The highest BCUT2D eigenvalue weighted by Gasteiger charge is 2.57. The third kappa shape index (κ3) is 1.70. The lowest BCUT2D eigenvalue weighted by Gasteiger charge is -2.33. The van der Waals surface area contributed by atoms with Crippen molar-refractivity contribution in [1.29, 1.82) is 0 Å². The molecule has 2 saturated carbocycles. The van der Waals surface area contributed by atoms with Gasteiger partial charge in [-0.1, -0.05) is 20.8 Å². The van der Waals surface area contributed by atoms with E-state index in [1.54, 1.807) is 11.1 Å². The number of aromatic nitrogens is 1. The van der Waals surface area contributed by atoms with Crippen LogP contribution in [0.2, 0.25) is 0 Å². The van der Waals surface area contributed by atoms with Crippen molar-refractivity contribution in [1.82, 2.24) is 4.98 Å². The highest BCUT2D eigenvalue weighted by atomic mass is 14.7. The average molecular weight is 255 g/mol. The van der Waals surface area contributed by atoms with Gasteiger partial charge in [-0.05, 0) is 73.0 Å². The SMILES string of the molecule is CC(C)(C)c1cc2c(cn1)CCC1CCC3(CC3)C21. The summed E-state index contributed by atoms with van der Waals surface area (Å²) in [5, 5.41) is 0. The lowest BCUT2D eigenvalue weighted by Crippen LogP contribution is -2.23. The molecule has 0 radical (unpaired) electrons. The van der Waals surface area contributed by atoms with Crippen LogP contribution in [0.25, 0.3) is 0 Å². The van der Waals surface area contributed by atoms with E-state index < -0.39 is 0 Å². The van der Waals surface area contributed by atoms with Crippen LogP contribution in [0.5, 0.6) is 0 Å². The molecule has 0 aliphatic heterocycles. The number of fused-ring (bicyclic) bond motifs is 4. The Morgan fingerprint density at radius 3 is 2.63 bits per heavy atom. The predicted molar refractivity (Wildman–Crippen MR) is 78.4 cm³/mol. The van der Waals surface area contributed by atoms with Gasteiger partial charge in [-0.3, -0.25) is 4.98 Å². The van der Waals surface area contributed by atoms with Gasteiger partial charge in [0.15, 0.2) is 0 Å². The number of rotatable bonds is 0. The minimum Gasteiger partial charge on any atom is -0.260 e. The lowest BCUT2D eigenvalue weighted by atomic mass is 9.72. The average Bonchev–Trinajstić information content (AvgIpc) is 3.04. The molecule has 1 aromatic rings. The Balaban J connectivity index is 1.82. The minimum absolute atomic E-state index is 0.178. The first-order valence-electron chi connectivity index (χ1n) is 7.99. The molecular formula is C18H25N. The molecule has 2 atom stereocenters. The summed E-state index contributed by atoms with van der Waals surface area (Å²) in [5.74, 6) is 1.85. The molecule has 3 aliphatic rings. The standard InChI is InChI=1S/C18H25N/c1-17(2,3)15-10-14-13(11-19-15)5-4-12-6-7-18(8-9-18)16(12)14/h10-12,16H,4-9H2,1-3H3. The van der Waals surface area contributed by atoms with Gasteiger partial charge in [0.1, 0.15) is 0 Å².